The summed E-state index contributed by atoms with van der Waals surface area (Å²) >= 11 is 9.78. The van der Waals surface area contributed by atoms with Crippen LogP contribution in [0.4, 0.5) is 5.69 Å². The molecule has 2 amide bonds. The van der Waals surface area contributed by atoms with E-state index in [0.29, 0.717) is 15.2 Å². The highest BCUT2D eigenvalue weighted by atomic mass is 79.9. The quantitative estimate of drug-likeness (QED) is 0.165. The van der Waals surface area contributed by atoms with E-state index in [-0.39, 0.29) is 29.8 Å². The van der Waals surface area contributed by atoms with Gasteiger partial charge < -0.3 is 10.2 Å². The van der Waals surface area contributed by atoms with E-state index < -0.39 is 28.5 Å². The number of hydrogen-bond acceptors (Lipinski definition) is 4. The summed E-state index contributed by atoms with van der Waals surface area (Å²) in [7, 11) is -4.16. The Morgan fingerprint density at radius 2 is 1.48 bits per heavy atom. The maximum Gasteiger partial charge on any atom is 0.264 e. The first-order valence-corrected chi connectivity index (χ1v) is 18.0. The van der Waals surface area contributed by atoms with Crippen molar-refractivity contribution in [3.05, 3.63) is 130 Å². The smallest absolute Gasteiger partial charge is 0.264 e. The van der Waals surface area contributed by atoms with Crippen molar-refractivity contribution < 1.29 is 18.0 Å². The summed E-state index contributed by atoms with van der Waals surface area (Å²) in [5.74, 6) is -0.773. The Balaban J connectivity index is 1.56. The molecule has 0 bridgehead atoms. The van der Waals surface area contributed by atoms with E-state index in [9.17, 15) is 18.0 Å². The third kappa shape index (κ3) is 8.78. The molecular weight excluding hydrogens is 686 g/mol. The Morgan fingerprint density at radius 3 is 2.15 bits per heavy atom. The van der Waals surface area contributed by atoms with Crippen LogP contribution in [0.1, 0.15) is 43.2 Å². The van der Waals surface area contributed by atoms with Crippen LogP contribution in [0.2, 0.25) is 5.02 Å². The minimum atomic E-state index is -4.16. The molecule has 0 radical (unpaired) electrons. The lowest BCUT2D eigenvalue weighted by Crippen LogP contribution is -2.55. The monoisotopic (exact) mass is 721 g/mol. The fourth-order valence-corrected chi connectivity index (χ4v) is 7.84. The van der Waals surface area contributed by atoms with E-state index in [0.717, 1.165) is 47.5 Å². The van der Waals surface area contributed by atoms with Crippen molar-refractivity contribution in [2.75, 3.05) is 10.8 Å². The molecule has 5 rings (SSSR count). The fourth-order valence-electron chi connectivity index (χ4n) is 5.81. The van der Waals surface area contributed by atoms with Crippen molar-refractivity contribution in [1.29, 1.82) is 0 Å². The van der Waals surface area contributed by atoms with Crippen molar-refractivity contribution in [3.8, 4) is 0 Å². The maximum atomic E-state index is 14.6. The van der Waals surface area contributed by atoms with Gasteiger partial charge in [0.1, 0.15) is 12.6 Å². The largest absolute Gasteiger partial charge is 0.352 e. The molecule has 1 aliphatic rings. The van der Waals surface area contributed by atoms with Gasteiger partial charge in [0.2, 0.25) is 11.8 Å². The molecule has 1 aliphatic carbocycles. The molecule has 1 atom stereocenters. The Hall–Kier alpha value is -3.66. The zero-order chi connectivity index (χ0) is 32.5. The van der Waals surface area contributed by atoms with Crippen LogP contribution in [-0.2, 0) is 32.6 Å². The van der Waals surface area contributed by atoms with Crippen LogP contribution in [0.25, 0.3) is 0 Å². The normalized spacial score (nSPS) is 14.3. The van der Waals surface area contributed by atoms with Gasteiger partial charge >= 0.3 is 0 Å². The number of rotatable bonds is 12. The summed E-state index contributed by atoms with van der Waals surface area (Å²) in [6.07, 6.45) is 5.25. The molecule has 1 N–H and O–H groups in total. The Morgan fingerprint density at radius 1 is 0.826 bits per heavy atom. The Bertz CT molecular complexity index is 1730. The van der Waals surface area contributed by atoms with Gasteiger partial charge in [0.25, 0.3) is 10.0 Å². The lowest BCUT2D eigenvalue weighted by molar-refractivity contribution is -0.140. The van der Waals surface area contributed by atoms with Crippen molar-refractivity contribution in [2.45, 2.75) is 62.0 Å². The number of benzene rings is 4. The number of carbonyl (C=O) groups is 2. The number of carbonyl (C=O) groups excluding carboxylic acids is 2. The van der Waals surface area contributed by atoms with Gasteiger partial charge in [-0.1, -0.05) is 114 Å². The van der Waals surface area contributed by atoms with Gasteiger partial charge in [0, 0.05) is 28.5 Å². The van der Waals surface area contributed by atoms with Gasteiger partial charge in [-0.2, -0.15) is 0 Å². The molecule has 4 aromatic carbocycles. The predicted molar refractivity (Wildman–Crippen MR) is 186 cm³/mol. The molecule has 7 nitrogen and oxygen atoms in total. The second-order valence-corrected chi connectivity index (χ2v) is 14.7. The first-order chi connectivity index (χ1) is 22.2. The third-order valence-electron chi connectivity index (χ3n) is 8.17. The number of halogens is 2. The molecule has 10 heteroatoms. The van der Waals surface area contributed by atoms with E-state index in [1.807, 2.05) is 36.4 Å². The molecule has 1 saturated carbocycles. The lowest BCUT2D eigenvalue weighted by Gasteiger charge is -2.35. The van der Waals surface area contributed by atoms with Crippen molar-refractivity contribution in [2.24, 2.45) is 0 Å². The van der Waals surface area contributed by atoms with Crippen LogP contribution in [0.15, 0.2) is 119 Å². The van der Waals surface area contributed by atoms with Crippen LogP contribution in [0, 0.1) is 0 Å². The first-order valence-electron chi connectivity index (χ1n) is 15.4. The van der Waals surface area contributed by atoms with Gasteiger partial charge in [-0.3, -0.25) is 13.9 Å². The average Bonchev–Trinajstić information content (AvgIpc) is 3.06. The summed E-state index contributed by atoms with van der Waals surface area (Å²) < 4.78 is 30.0. The molecule has 0 saturated heterocycles. The molecule has 0 spiro atoms. The van der Waals surface area contributed by atoms with E-state index in [4.69, 9.17) is 11.6 Å². The van der Waals surface area contributed by atoms with Gasteiger partial charge in [-0.15, -0.1) is 0 Å². The Labute approximate surface area is 284 Å². The van der Waals surface area contributed by atoms with Crippen molar-refractivity contribution >= 4 is 55.1 Å². The summed E-state index contributed by atoms with van der Waals surface area (Å²) in [5, 5.41) is 3.72. The van der Waals surface area contributed by atoms with Crippen molar-refractivity contribution in [3.63, 3.8) is 0 Å². The topological polar surface area (TPSA) is 86.8 Å². The number of hydrogen-bond donors (Lipinski definition) is 1. The summed E-state index contributed by atoms with van der Waals surface area (Å²) in [6.45, 7) is -0.455. The second kappa shape index (κ2) is 15.8. The zero-order valence-electron chi connectivity index (χ0n) is 25.4. The highest BCUT2D eigenvalue weighted by Crippen LogP contribution is 2.28. The van der Waals surface area contributed by atoms with E-state index in [2.05, 4.69) is 21.2 Å². The number of nitrogens with zero attached hydrogens (tertiary/aromatic N) is 2. The SMILES string of the molecule is O=C(NC1CCCCC1)C(Cc1ccccc1)N(Cc1cccc(Cl)c1)C(=O)CN(c1cccc(Br)c1)S(=O)(=O)c1ccccc1. The molecule has 4 aromatic rings. The van der Waals surface area contributed by atoms with Crippen LogP contribution in [-0.4, -0.2) is 43.8 Å². The minimum Gasteiger partial charge on any atom is -0.352 e. The average molecular weight is 723 g/mol. The molecule has 1 fully saturated rings. The molecule has 0 aromatic heterocycles. The molecule has 0 heterocycles. The van der Waals surface area contributed by atoms with Crippen LogP contribution in [0.3, 0.4) is 0 Å². The zero-order valence-corrected chi connectivity index (χ0v) is 28.6. The Kier molecular flexibility index (Phi) is 11.5. The standard InChI is InChI=1S/C36H37BrClN3O4S/c37-29-15-11-19-32(24-29)41(46(44,45)33-20-8-3-9-21-33)26-35(42)40(25-28-14-10-16-30(38)22-28)34(23-27-12-4-1-5-13-27)36(43)39-31-17-6-2-7-18-31/h1,3-5,8-16,19-22,24,31,34H,2,6-7,17-18,23,25-26H2,(H,39,43). The highest BCUT2D eigenvalue weighted by Gasteiger charge is 2.35. The fraction of sp³-hybridized carbons (Fsp3) is 0.278. The minimum absolute atomic E-state index is 0.0271. The number of anilines is 1. The molecule has 46 heavy (non-hydrogen) atoms. The van der Waals surface area contributed by atoms with Gasteiger partial charge in [-0.05, 0) is 66.4 Å². The van der Waals surface area contributed by atoms with Crippen LogP contribution >= 0.6 is 27.5 Å². The predicted octanol–water partition coefficient (Wildman–Crippen LogP) is 7.39. The third-order valence-corrected chi connectivity index (χ3v) is 10.7. The van der Waals surface area contributed by atoms with Crippen LogP contribution in [0.5, 0.6) is 0 Å². The molecular formula is C36H37BrClN3O4S. The number of sulfonamides is 1. The summed E-state index contributed by atoms with van der Waals surface area (Å²) in [5.41, 5.74) is 1.93. The lowest BCUT2D eigenvalue weighted by atomic mass is 9.94. The van der Waals surface area contributed by atoms with Gasteiger partial charge in [0.05, 0.1) is 10.6 Å². The molecule has 1 unspecified atom stereocenters. The maximum absolute atomic E-state index is 14.6. The number of nitrogens with one attached hydrogen (secondary N) is 1. The molecule has 0 aliphatic heterocycles. The van der Waals surface area contributed by atoms with E-state index in [1.165, 1.54) is 17.0 Å². The first kappa shape index (κ1) is 33.7. The van der Waals surface area contributed by atoms with Crippen LogP contribution < -0.4 is 9.62 Å². The second-order valence-electron chi connectivity index (χ2n) is 11.5. The van der Waals surface area contributed by atoms with E-state index in [1.54, 1.807) is 60.7 Å². The van der Waals surface area contributed by atoms with Crippen molar-refractivity contribution in [1.82, 2.24) is 10.2 Å². The summed E-state index contributed by atoms with van der Waals surface area (Å²) in [6, 6.07) is 30.7. The van der Waals surface area contributed by atoms with Gasteiger partial charge in [-0.25, -0.2) is 8.42 Å². The highest BCUT2D eigenvalue weighted by molar-refractivity contribution is 9.10. The number of amides is 2. The molecule has 240 valence electrons. The summed E-state index contributed by atoms with van der Waals surface area (Å²) in [4.78, 5) is 30.3. The van der Waals surface area contributed by atoms with Gasteiger partial charge in [0.15, 0.2) is 0 Å². The van der Waals surface area contributed by atoms with E-state index >= 15 is 0 Å².